The first-order valence-corrected chi connectivity index (χ1v) is 11.8. The van der Waals surface area contributed by atoms with E-state index in [1.54, 1.807) is 0 Å². The molecule has 0 unspecified atom stereocenters. The Bertz CT molecular complexity index is 630. The highest BCUT2D eigenvalue weighted by atomic mass is 14.7. The molecule has 2 saturated carbocycles. The van der Waals surface area contributed by atoms with Gasteiger partial charge in [0.05, 0.1) is 0 Å². The van der Waals surface area contributed by atoms with Gasteiger partial charge in [0.15, 0.2) is 0 Å². The lowest BCUT2D eigenvalue weighted by Crippen LogP contribution is -2.13. The minimum Gasteiger partial charge on any atom is -0.246 e. The molecule has 0 saturated heterocycles. The van der Waals surface area contributed by atoms with E-state index in [4.69, 9.17) is 0 Å². The second kappa shape index (κ2) is 11.3. The Hall–Kier alpha value is -1.73. The minimum atomic E-state index is 0.567. The van der Waals surface area contributed by atoms with Gasteiger partial charge in [0.1, 0.15) is 5.69 Å². The predicted molar refractivity (Wildman–Crippen MR) is 119 cm³/mol. The molecule has 1 aromatic heterocycles. The van der Waals surface area contributed by atoms with Crippen LogP contribution in [0.1, 0.15) is 102 Å². The molecule has 1 heterocycles. The van der Waals surface area contributed by atoms with Gasteiger partial charge in [0, 0.05) is 23.6 Å². The van der Waals surface area contributed by atoms with Crippen molar-refractivity contribution >= 4 is 0 Å². The van der Waals surface area contributed by atoms with Gasteiger partial charge in [-0.05, 0) is 81.3 Å². The van der Waals surface area contributed by atoms with Crippen molar-refractivity contribution in [3.05, 3.63) is 29.6 Å². The zero-order chi connectivity index (χ0) is 19.6. The average molecular weight is 376 g/mol. The van der Waals surface area contributed by atoms with E-state index in [-0.39, 0.29) is 0 Å². The molecule has 28 heavy (non-hydrogen) atoms. The van der Waals surface area contributed by atoms with Crippen molar-refractivity contribution in [3.8, 4) is 23.7 Å². The molecule has 0 amide bonds. The molecule has 0 atom stereocenters. The van der Waals surface area contributed by atoms with Crippen LogP contribution < -0.4 is 0 Å². The molecule has 0 bridgehead atoms. The van der Waals surface area contributed by atoms with Gasteiger partial charge in [-0.3, -0.25) is 0 Å². The standard InChI is InChI=1S/C27H37N/c1-3-5-22-7-11-24(12-8-22)15-16-26-18-20-27(28-21-26)19-17-25-13-9-23(6-4-2)10-14-25/h18,20-25H,3-14H2,1-2H3. The third-order valence-corrected chi connectivity index (χ3v) is 6.68. The van der Waals surface area contributed by atoms with Crippen molar-refractivity contribution in [2.45, 2.75) is 90.9 Å². The summed E-state index contributed by atoms with van der Waals surface area (Å²) >= 11 is 0. The Labute approximate surface area is 173 Å². The topological polar surface area (TPSA) is 12.9 Å². The van der Waals surface area contributed by atoms with E-state index in [1.165, 1.54) is 77.0 Å². The molecule has 2 aliphatic carbocycles. The van der Waals surface area contributed by atoms with Gasteiger partial charge in [0.25, 0.3) is 0 Å². The molecule has 2 fully saturated rings. The van der Waals surface area contributed by atoms with Crippen LogP contribution >= 0.6 is 0 Å². The van der Waals surface area contributed by atoms with E-state index >= 15 is 0 Å². The molecule has 150 valence electrons. The molecular formula is C27H37N. The van der Waals surface area contributed by atoms with Gasteiger partial charge in [-0.1, -0.05) is 57.3 Å². The first-order chi connectivity index (χ1) is 13.8. The molecule has 3 rings (SSSR count). The van der Waals surface area contributed by atoms with Gasteiger partial charge in [0.2, 0.25) is 0 Å². The number of aromatic nitrogens is 1. The van der Waals surface area contributed by atoms with Crippen LogP contribution in [0.2, 0.25) is 0 Å². The van der Waals surface area contributed by atoms with E-state index in [9.17, 15) is 0 Å². The van der Waals surface area contributed by atoms with Gasteiger partial charge in [-0.2, -0.15) is 0 Å². The van der Waals surface area contributed by atoms with Gasteiger partial charge >= 0.3 is 0 Å². The maximum Gasteiger partial charge on any atom is 0.113 e. The van der Waals surface area contributed by atoms with E-state index in [2.05, 4.69) is 48.6 Å². The fourth-order valence-corrected chi connectivity index (χ4v) is 4.91. The summed E-state index contributed by atoms with van der Waals surface area (Å²) in [6, 6.07) is 4.13. The molecule has 1 heteroatoms. The fourth-order valence-electron chi connectivity index (χ4n) is 4.91. The Balaban J connectivity index is 1.46. The predicted octanol–water partition coefficient (Wildman–Crippen LogP) is 7.00. The summed E-state index contributed by atoms with van der Waals surface area (Å²) in [5, 5.41) is 0. The normalized spacial score (nSPS) is 27.2. The van der Waals surface area contributed by atoms with Crippen LogP contribution in [0.3, 0.4) is 0 Å². The van der Waals surface area contributed by atoms with Crippen LogP contribution in [-0.4, -0.2) is 4.98 Å². The molecule has 0 N–H and O–H groups in total. The molecule has 0 aromatic carbocycles. The first kappa shape index (κ1) is 21.0. The van der Waals surface area contributed by atoms with E-state index < -0.39 is 0 Å². The summed E-state index contributed by atoms with van der Waals surface area (Å²) in [5.41, 5.74) is 1.92. The molecule has 0 radical (unpaired) electrons. The molecule has 2 aliphatic rings. The van der Waals surface area contributed by atoms with Crippen LogP contribution in [0.25, 0.3) is 0 Å². The average Bonchev–Trinajstić information content (AvgIpc) is 2.74. The Morgan fingerprint density at radius 3 is 1.75 bits per heavy atom. The van der Waals surface area contributed by atoms with Gasteiger partial charge in [-0.15, -0.1) is 0 Å². The molecule has 1 nitrogen and oxygen atoms in total. The van der Waals surface area contributed by atoms with Crippen molar-refractivity contribution in [3.63, 3.8) is 0 Å². The van der Waals surface area contributed by atoms with Gasteiger partial charge in [-0.25, -0.2) is 4.98 Å². The lowest BCUT2D eigenvalue weighted by Gasteiger charge is -2.25. The highest BCUT2D eigenvalue weighted by molar-refractivity contribution is 5.37. The highest BCUT2D eigenvalue weighted by Gasteiger charge is 2.19. The number of hydrogen-bond donors (Lipinski definition) is 0. The van der Waals surface area contributed by atoms with Crippen molar-refractivity contribution in [2.75, 3.05) is 0 Å². The van der Waals surface area contributed by atoms with Crippen molar-refractivity contribution in [1.29, 1.82) is 0 Å². The Kier molecular flexibility index (Phi) is 8.48. The maximum atomic E-state index is 4.53. The highest BCUT2D eigenvalue weighted by Crippen LogP contribution is 2.32. The SMILES string of the molecule is CCCC1CCC(C#Cc2ccc(C#CC3CCC(CCC)CC3)nc2)CC1. The zero-order valence-corrected chi connectivity index (χ0v) is 18.0. The monoisotopic (exact) mass is 375 g/mol. The van der Waals surface area contributed by atoms with E-state index in [0.717, 1.165) is 23.1 Å². The Morgan fingerprint density at radius 1 is 0.750 bits per heavy atom. The van der Waals surface area contributed by atoms with Crippen molar-refractivity contribution in [2.24, 2.45) is 23.7 Å². The lowest BCUT2D eigenvalue weighted by molar-refractivity contribution is 0.300. The molecular weight excluding hydrogens is 338 g/mol. The smallest absolute Gasteiger partial charge is 0.113 e. The van der Waals surface area contributed by atoms with E-state index in [0.29, 0.717) is 11.8 Å². The van der Waals surface area contributed by atoms with Crippen LogP contribution in [-0.2, 0) is 0 Å². The maximum absolute atomic E-state index is 4.53. The van der Waals surface area contributed by atoms with Crippen LogP contribution in [0, 0.1) is 47.4 Å². The summed E-state index contributed by atoms with van der Waals surface area (Å²) in [4.78, 5) is 4.53. The molecule has 0 spiro atoms. The third-order valence-electron chi connectivity index (χ3n) is 6.68. The summed E-state index contributed by atoms with van der Waals surface area (Å²) in [7, 11) is 0. The third kappa shape index (κ3) is 6.71. The molecule has 1 aromatic rings. The molecule has 0 aliphatic heterocycles. The van der Waals surface area contributed by atoms with Crippen molar-refractivity contribution in [1.82, 2.24) is 4.98 Å². The zero-order valence-electron chi connectivity index (χ0n) is 18.0. The fraction of sp³-hybridized carbons (Fsp3) is 0.667. The quantitative estimate of drug-likeness (QED) is 0.516. The minimum absolute atomic E-state index is 0.567. The number of pyridine rings is 1. The summed E-state index contributed by atoms with van der Waals surface area (Å²) in [6.07, 6.45) is 17.8. The number of nitrogens with zero attached hydrogens (tertiary/aromatic N) is 1. The van der Waals surface area contributed by atoms with Gasteiger partial charge < -0.3 is 0 Å². The number of rotatable bonds is 4. The number of hydrogen-bond acceptors (Lipinski definition) is 1. The second-order valence-electron chi connectivity index (χ2n) is 8.98. The van der Waals surface area contributed by atoms with Crippen LogP contribution in [0.15, 0.2) is 18.3 Å². The van der Waals surface area contributed by atoms with Crippen LogP contribution in [0.5, 0.6) is 0 Å². The van der Waals surface area contributed by atoms with Crippen LogP contribution in [0.4, 0.5) is 0 Å². The van der Waals surface area contributed by atoms with E-state index in [1.807, 2.05) is 12.3 Å². The first-order valence-electron chi connectivity index (χ1n) is 11.8. The second-order valence-corrected chi connectivity index (χ2v) is 8.98. The summed E-state index contributed by atoms with van der Waals surface area (Å²) < 4.78 is 0. The Morgan fingerprint density at radius 2 is 1.29 bits per heavy atom. The summed E-state index contributed by atoms with van der Waals surface area (Å²) in [6.45, 7) is 4.59. The largest absolute Gasteiger partial charge is 0.246 e. The van der Waals surface area contributed by atoms with Crippen molar-refractivity contribution < 1.29 is 0 Å². The lowest BCUT2D eigenvalue weighted by atomic mass is 9.80. The summed E-state index contributed by atoms with van der Waals surface area (Å²) in [5.74, 6) is 16.7.